The molecule has 0 spiro atoms. The van der Waals surface area contributed by atoms with Crippen molar-refractivity contribution < 1.29 is 14.8 Å². The van der Waals surface area contributed by atoms with Crippen LogP contribution in [0.5, 0.6) is 0 Å². The van der Waals surface area contributed by atoms with Crippen molar-refractivity contribution in [3.05, 3.63) is 58.1 Å². The van der Waals surface area contributed by atoms with Crippen molar-refractivity contribution in [3.63, 3.8) is 0 Å². The summed E-state index contributed by atoms with van der Waals surface area (Å²) in [7, 11) is 0. The van der Waals surface area contributed by atoms with Crippen molar-refractivity contribution in [2.45, 2.75) is 25.4 Å². The van der Waals surface area contributed by atoms with Crippen LogP contribution in [0.2, 0.25) is 0 Å². The molecule has 2 N–H and O–H groups in total. The molecule has 24 heavy (non-hydrogen) atoms. The number of aryl methyl sites for hydroxylation is 1. The molecule has 1 aliphatic rings. The predicted molar refractivity (Wildman–Crippen MR) is 90.6 cm³/mol. The third-order valence-electron chi connectivity index (χ3n) is 3.81. The number of Topliss-reactive ketones (excluding diaryl/α,β-unsaturated/α-hetero) is 1. The van der Waals surface area contributed by atoms with Gasteiger partial charge < -0.3 is 10.4 Å². The molecule has 0 bridgehead atoms. The normalized spacial score (nSPS) is 16.7. The summed E-state index contributed by atoms with van der Waals surface area (Å²) in [6.45, 7) is 0. The van der Waals surface area contributed by atoms with Crippen LogP contribution in [0.1, 0.15) is 18.5 Å². The van der Waals surface area contributed by atoms with E-state index in [1.807, 2.05) is 0 Å². The number of hydrogen-bond acceptors (Lipinski definition) is 7. The highest BCUT2D eigenvalue weighted by molar-refractivity contribution is 7.13. The number of benzene rings is 1. The van der Waals surface area contributed by atoms with Gasteiger partial charge in [-0.3, -0.25) is 14.9 Å². The number of aromatic nitrogens is 1. The lowest BCUT2D eigenvalue weighted by atomic mass is 9.99. The number of hydrogen-bond donors (Lipinski definition) is 2. The summed E-state index contributed by atoms with van der Waals surface area (Å²) in [4.78, 5) is 22.6. The van der Waals surface area contributed by atoms with Crippen LogP contribution in [0.4, 0.5) is 5.69 Å². The number of nitrogens with one attached hydrogen (secondary N) is 1. The minimum Gasteiger partial charge on any atom is -0.384 e. The summed E-state index contributed by atoms with van der Waals surface area (Å²) >= 11 is 1.29. The zero-order valence-corrected chi connectivity index (χ0v) is 13.5. The average molecular weight is 345 g/mol. The maximum atomic E-state index is 12.1. The van der Waals surface area contributed by atoms with E-state index in [2.05, 4.69) is 9.69 Å². The van der Waals surface area contributed by atoms with Gasteiger partial charge >= 0.3 is 0 Å². The second kappa shape index (κ2) is 6.90. The number of nitro benzene ring substituents is 1. The molecule has 1 aliphatic heterocycles. The highest BCUT2D eigenvalue weighted by atomic mass is 32.1. The Balaban J connectivity index is 1.65. The van der Waals surface area contributed by atoms with Gasteiger partial charge in [-0.25, -0.2) is 0 Å². The van der Waals surface area contributed by atoms with Crippen LogP contribution in [-0.2, 0) is 11.2 Å². The van der Waals surface area contributed by atoms with Gasteiger partial charge in [-0.2, -0.15) is 4.37 Å². The van der Waals surface area contributed by atoms with Gasteiger partial charge in [0.15, 0.2) is 5.78 Å². The molecule has 1 atom stereocenters. The number of nitrogens with zero attached hydrogens (tertiary/aromatic N) is 2. The Morgan fingerprint density at radius 1 is 1.46 bits per heavy atom. The summed E-state index contributed by atoms with van der Waals surface area (Å²) in [5.74, 6) is -0.120. The summed E-state index contributed by atoms with van der Waals surface area (Å²) in [5.41, 5.74) is 1.15. The number of non-ortho nitro benzene ring substituents is 1. The van der Waals surface area contributed by atoms with Gasteiger partial charge in [-0.1, -0.05) is 0 Å². The Hall–Kier alpha value is -2.58. The molecule has 1 aromatic heterocycles. The second-order valence-corrected chi connectivity index (χ2v) is 6.22. The molecule has 7 nitrogen and oxygen atoms in total. The molecule has 0 radical (unpaired) electrons. The Labute approximate surface area is 141 Å². The maximum absolute atomic E-state index is 12.1. The number of nitro groups is 1. The van der Waals surface area contributed by atoms with E-state index < -0.39 is 11.0 Å². The lowest BCUT2D eigenvalue weighted by molar-refractivity contribution is -0.384. The van der Waals surface area contributed by atoms with Crippen molar-refractivity contribution >= 4 is 33.1 Å². The Bertz CT molecular complexity index is 856. The van der Waals surface area contributed by atoms with Crippen LogP contribution < -0.4 is 5.32 Å². The topological polar surface area (TPSA) is 105 Å². The molecule has 0 aliphatic carbocycles. The summed E-state index contributed by atoms with van der Waals surface area (Å²) in [5, 5.41) is 24.2. The molecule has 0 fully saturated rings. The van der Waals surface area contributed by atoms with Gasteiger partial charge in [0.05, 0.1) is 15.3 Å². The van der Waals surface area contributed by atoms with Crippen LogP contribution in [-0.4, -0.2) is 26.3 Å². The van der Waals surface area contributed by atoms with E-state index >= 15 is 0 Å². The van der Waals surface area contributed by atoms with E-state index in [0.29, 0.717) is 18.4 Å². The van der Waals surface area contributed by atoms with E-state index in [0.717, 1.165) is 15.8 Å². The average Bonchev–Trinajstić information content (AvgIpc) is 2.97. The molecule has 0 saturated carbocycles. The first-order valence-electron chi connectivity index (χ1n) is 7.43. The van der Waals surface area contributed by atoms with E-state index in [1.54, 1.807) is 12.3 Å². The molecular formula is C16H15N3O4S. The zero-order valence-electron chi connectivity index (χ0n) is 12.6. The van der Waals surface area contributed by atoms with Gasteiger partial charge in [0.1, 0.15) is 6.10 Å². The lowest BCUT2D eigenvalue weighted by Crippen LogP contribution is -2.22. The third-order valence-corrected chi connectivity index (χ3v) is 4.68. The largest absolute Gasteiger partial charge is 0.384 e. The van der Waals surface area contributed by atoms with E-state index in [-0.39, 0.29) is 17.9 Å². The van der Waals surface area contributed by atoms with Crippen LogP contribution >= 0.6 is 11.5 Å². The van der Waals surface area contributed by atoms with Crippen LogP contribution in [0.25, 0.3) is 10.1 Å². The fraction of sp³-hybridized carbons (Fsp3) is 0.250. The minimum absolute atomic E-state index is 0.0355. The molecular weight excluding hydrogens is 330 g/mol. The number of carbonyl (C=O) groups is 1. The van der Waals surface area contributed by atoms with E-state index in [9.17, 15) is 20.0 Å². The van der Waals surface area contributed by atoms with Gasteiger partial charge in [0.2, 0.25) is 0 Å². The fourth-order valence-corrected chi connectivity index (χ4v) is 3.35. The number of carbonyl (C=O) groups excluding carboxylic acids is 1. The molecule has 1 aromatic carbocycles. The molecule has 3 rings (SSSR count). The summed E-state index contributed by atoms with van der Waals surface area (Å²) in [6.07, 6.45) is 5.13. The Morgan fingerprint density at radius 3 is 3.04 bits per heavy atom. The molecule has 1 unspecified atom stereocenters. The van der Waals surface area contributed by atoms with Crippen molar-refractivity contribution in [1.82, 2.24) is 9.69 Å². The van der Waals surface area contributed by atoms with E-state index in [1.165, 1.54) is 35.9 Å². The molecule has 8 heteroatoms. The summed E-state index contributed by atoms with van der Waals surface area (Å²) < 4.78 is 5.23. The monoisotopic (exact) mass is 345 g/mol. The van der Waals surface area contributed by atoms with E-state index in [4.69, 9.17) is 0 Å². The molecule has 0 amide bonds. The molecule has 2 aromatic rings. The highest BCUT2D eigenvalue weighted by Crippen LogP contribution is 2.28. The van der Waals surface area contributed by atoms with Crippen molar-refractivity contribution in [2.75, 3.05) is 0 Å². The lowest BCUT2D eigenvalue weighted by Gasteiger charge is -2.14. The quantitative estimate of drug-likeness (QED) is 0.615. The highest BCUT2D eigenvalue weighted by Gasteiger charge is 2.18. The summed E-state index contributed by atoms with van der Waals surface area (Å²) in [6, 6.07) is 4.68. The number of rotatable bonds is 6. The number of dihydropyridines is 1. The molecule has 124 valence electrons. The third kappa shape index (κ3) is 3.34. The van der Waals surface area contributed by atoms with Crippen molar-refractivity contribution in [3.8, 4) is 0 Å². The standard InChI is InChI=1S/C16H15N3O4S/c20-14(12-9-17-7-6-15(12)21)3-1-2-13-11-8-10(19(22)23)4-5-16(11)24-18-13/h4-9,15,17,21H,1-3H2. The number of aliphatic hydroxyl groups excluding tert-OH is 1. The predicted octanol–water partition coefficient (Wildman–Crippen LogP) is 2.46. The minimum atomic E-state index is -0.874. The zero-order chi connectivity index (χ0) is 17.1. The smallest absolute Gasteiger partial charge is 0.270 e. The second-order valence-electron chi connectivity index (χ2n) is 5.41. The molecule has 2 heterocycles. The number of aliphatic hydroxyl groups is 1. The van der Waals surface area contributed by atoms with Gasteiger partial charge in [0, 0.05) is 35.7 Å². The van der Waals surface area contributed by atoms with Gasteiger partial charge in [-0.05, 0) is 42.7 Å². The maximum Gasteiger partial charge on any atom is 0.270 e. The van der Waals surface area contributed by atoms with Gasteiger partial charge in [0.25, 0.3) is 5.69 Å². The first kappa shape index (κ1) is 16.3. The van der Waals surface area contributed by atoms with Crippen LogP contribution in [0.15, 0.2) is 42.2 Å². The SMILES string of the molecule is O=C(CCCc1nsc2ccc([N+](=O)[O-])cc12)C1=CNC=CC1O. The van der Waals surface area contributed by atoms with Crippen molar-refractivity contribution in [2.24, 2.45) is 0 Å². The van der Waals surface area contributed by atoms with Gasteiger partial charge in [-0.15, -0.1) is 0 Å². The van der Waals surface area contributed by atoms with Crippen LogP contribution in [0.3, 0.4) is 0 Å². The van der Waals surface area contributed by atoms with Crippen molar-refractivity contribution in [1.29, 1.82) is 0 Å². The number of fused-ring (bicyclic) bond motifs is 1. The first-order chi connectivity index (χ1) is 11.6. The molecule has 0 saturated heterocycles. The first-order valence-corrected chi connectivity index (χ1v) is 8.20. The Morgan fingerprint density at radius 2 is 2.29 bits per heavy atom. The number of ketones is 1. The fourth-order valence-electron chi connectivity index (χ4n) is 2.55. The Kier molecular flexibility index (Phi) is 4.68. The van der Waals surface area contributed by atoms with Crippen LogP contribution in [0, 0.1) is 10.1 Å².